The first-order valence-corrected chi connectivity index (χ1v) is 10.5. The molecule has 29 heavy (non-hydrogen) atoms. The van der Waals surface area contributed by atoms with E-state index < -0.39 is 0 Å². The molecule has 0 amide bonds. The molecule has 2 aliphatic rings. The van der Waals surface area contributed by atoms with Gasteiger partial charge in [0.05, 0.1) is 13.2 Å². The third-order valence-corrected chi connectivity index (χ3v) is 6.58. The number of anilines is 1. The number of nitrogens with one attached hydrogen (secondary N) is 1. The number of phenolic OH excluding ortho intramolecular Hbond substituents is 1. The number of ether oxygens (including phenoxy) is 1. The average Bonchev–Trinajstić information content (AvgIpc) is 2.98. The predicted molar refractivity (Wildman–Crippen MR) is 118 cm³/mol. The zero-order valence-electron chi connectivity index (χ0n) is 18.2. The first-order valence-electron chi connectivity index (χ1n) is 10.5. The van der Waals surface area contributed by atoms with Crippen LogP contribution in [0.1, 0.15) is 42.1 Å². The molecule has 156 valence electrons. The summed E-state index contributed by atoms with van der Waals surface area (Å²) < 4.78 is 5.37. The molecule has 1 aliphatic heterocycles. The zero-order chi connectivity index (χ0) is 20.8. The molecule has 1 atom stereocenters. The number of aromatic hydroxyl groups is 1. The van der Waals surface area contributed by atoms with E-state index in [1.54, 1.807) is 7.11 Å². The van der Waals surface area contributed by atoms with Crippen molar-refractivity contribution in [3.05, 3.63) is 52.6 Å². The van der Waals surface area contributed by atoms with Gasteiger partial charge in [0.15, 0.2) is 0 Å². The highest BCUT2D eigenvalue weighted by atomic mass is 16.5. The summed E-state index contributed by atoms with van der Waals surface area (Å²) in [6.07, 6.45) is 0.990. The van der Waals surface area contributed by atoms with Gasteiger partial charge in [-0.2, -0.15) is 0 Å². The second-order valence-corrected chi connectivity index (χ2v) is 9.15. The molecule has 4 rings (SSSR count). The highest BCUT2D eigenvalue weighted by Crippen LogP contribution is 2.50. The predicted octanol–water partition coefficient (Wildman–Crippen LogP) is 3.97. The van der Waals surface area contributed by atoms with Gasteiger partial charge in [-0.15, -0.1) is 0 Å². The van der Waals surface area contributed by atoms with Crippen LogP contribution in [0, 0.1) is 19.3 Å². The third-order valence-electron chi connectivity index (χ3n) is 6.58. The fourth-order valence-electron chi connectivity index (χ4n) is 4.86. The van der Waals surface area contributed by atoms with Crippen molar-refractivity contribution < 1.29 is 9.84 Å². The summed E-state index contributed by atoms with van der Waals surface area (Å²) in [5.74, 6) is 1.36. The van der Waals surface area contributed by atoms with E-state index in [1.165, 1.54) is 16.8 Å². The van der Waals surface area contributed by atoms with E-state index in [-0.39, 0.29) is 11.5 Å². The van der Waals surface area contributed by atoms with Crippen molar-refractivity contribution in [2.45, 2.75) is 40.2 Å². The molecule has 5 heteroatoms. The molecule has 1 aliphatic carbocycles. The summed E-state index contributed by atoms with van der Waals surface area (Å²) in [6, 6.07) is 10.5. The number of methoxy groups -OCH3 is 1. The highest BCUT2D eigenvalue weighted by molar-refractivity contribution is 5.54. The van der Waals surface area contributed by atoms with Crippen LogP contribution >= 0.6 is 0 Å². The van der Waals surface area contributed by atoms with Crippen LogP contribution in [-0.2, 0) is 6.42 Å². The van der Waals surface area contributed by atoms with Crippen molar-refractivity contribution in [3.63, 3.8) is 0 Å². The molecule has 1 unspecified atom stereocenters. The number of benzene rings is 2. The first-order chi connectivity index (χ1) is 13.8. The number of hydrazine groups is 1. The molecule has 0 bridgehead atoms. The topological polar surface area (TPSA) is 48.0 Å². The van der Waals surface area contributed by atoms with Gasteiger partial charge in [-0.1, -0.05) is 26.0 Å². The van der Waals surface area contributed by atoms with Gasteiger partial charge in [0.25, 0.3) is 0 Å². The van der Waals surface area contributed by atoms with Crippen LogP contribution in [0.25, 0.3) is 0 Å². The number of piperazine rings is 1. The van der Waals surface area contributed by atoms with Crippen molar-refractivity contribution in [3.8, 4) is 11.5 Å². The van der Waals surface area contributed by atoms with E-state index >= 15 is 0 Å². The van der Waals surface area contributed by atoms with Crippen LogP contribution in [-0.4, -0.2) is 43.4 Å². The Morgan fingerprint density at radius 3 is 2.48 bits per heavy atom. The minimum Gasteiger partial charge on any atom is -0.507 e. The first kappa shape index (κ1) is 20.0. The monoisotopic (exact) mass is 395 g/mol. The van der Waals surface area contributed by atoms with E-state index in [2.05, 4.69) is 54.3 Å². The van der Waals surface area contributed by atoms with Gasteiger partial charge in [-0.25, -0.2) is 10.4 Å². The standard InChI is InChI=1S/C24H33N3O2/c1-16-13-17(2)22(28)21-20(16)15-24(3,4)23(21)25-27-11-9-26(10-12-27)18-7-6-8-19(14-18)29-5/h6-8,13-14,23,25,28H,9-12,15H2,1-5H3. The van der Waals surface area contributed by atoms with Crippen LogP contribution in [0.15, 0.2) is 30.3 Å². The number of hydrogen-bond donors (Lipinski definition) is 2. The van der Waals surface area contributed by atoms with Crippen LogP contribution in [0.3, 0.4) is 0 Å². The maximum Gasteiger partial charge on any atom is 0.123 e. The lowest BCUT2D eigenvalue weighted by Crippen LogP contribution is -2.54. The maximum absolute atomic E-state index is 10.8. The Bertz CT molecular complexity index is 901. The van der Waals surface area contributed by atoms with Gasteiger partial charge in [0, 0.05) is 43.5 Å². The zero-order valence-corrected chi connectivity index (χ0v) is 18.2. The molecule has 0 radical (unpaired) electrons. The van der Waals surface area contributed by atoms with E-state index in [0.29, 0.717) is 5.75 Å². The molecule has 1 fully saturated rings. The molecular weight excluding hydrogens is 362 g/mol. The quantitative estimate of drug-likeness (QED) is 0.820. The van der Waals surface area contributed by atoms with Gasteiger partial charge in [-0.3, -0.25) is 0 Å². The molecule has 0 aromatic heterocycles. The van der Waals surface area contributed by atoms with Gasteiger partial charge in [0.2, 0.25) is 0 Å². The number of aryl methyl sites for hydroxylation is 2. The Hall–Kier alpha value is -2.24. The normalized spacial score (nSPS) is 21.3. The molecule has 1 heterocycles. The largest absolute Gasteiger partial charge is 0.507 e. The van der Waals surface area contributed by atoms with E-state index in [4.69, 9.17) is 4.74 Å². The van der Waals surface area contributed by atoms with Gasteiger partial charge in [0.1, 0.15) is 11.5 Å². The minimum atomic E-state index is 0.0578. The molecular formula is C24H33N3O2. The second kappa shape index (κ2) is 7.54. The molecule has 5 nitrogen and oxygen atoms in total. The Morgan fingerprint density at radius 2 is 1.79 bits per heavy atom. The van der Waals surface area contributed by atoms with Crippen LogP contribution in [0.5, 0.6) is 11.5 Å². The number of nitrogens with zero attached hydrogens (tertiary/aromatic N) is 2. The molecule has 0 saturated carbocycles. The second-order valence-electron chi connectivity index (χ2n) is 9.15. The Kier molecular flexibility index (Phi) is 5.21. The molecule has 0 spiro atoms. The SMILES string of the molecule is COc1cccc(N2CCN(NC3c4c(O)c(C)cc(C)c4CC3(C)C)CC2)c1. The van der Waals surface area contributed by atoms with E-state index in [9.17, 15) is 5.11 Å². The van der Waals surface area contributed by atoms with Crippen LogP contribution in [0.4, 0.5) is 5.69 Å². The lowest BCUT2D eigenvalue weighted by molar-refractivity contribution is 0.0999. The summed E-state index contributed by atoms with van der Waals surface area (Å²) in [5, 5.41) is 13.2. The van der Waals surface area contributed by atoms with Crippen molar-refractivity contribution in [2.24, 2.45) is 5.41 Å². The minimum absolute atomic E-state index is 0.0578. The number of rotatable bonds is 4. The number of fused-ring (bicyclic) bond motifs is 1. The summed E-state index contributed by atoms with van der Waals surface area (Å²) in [7, 11) is 1.71. The van der Waals surface area contributed by atoms with E-state index in [0.717, 1.165) is 49.5 Å². The lowest BCUT2D eigenvalue weighted by Gasteiger charge is -2.40. The van der Waals surface area contributed by atoms with Crippen LogP contribution in [0.2, 0.25) is 0 Å². The van der Waals surface area contributed by atoms with E-state index in [1.807, 2.05) is 19.1 Å². The summed E-state index contributed by atoms with van der Waals surface area (Å²) in [5.41, 5.74) is 9.71. The lowest BCUT2D eigenvalue weighted by atomic mass is 9.85. The van der Waals surface area contributed by atoms with Crippen LogP contribution < -0.4 is 15.1 Å². The van der Waals surface area contributed by atoms with Gasteiger partial charge < -0.3 is 14.7 Å². The van der Waals surface area contributed by atoms with Crippen molar-refractivity contribution in [1.29, 1.82) is 0 Å². The van der Waals surface area contributed by atoms with Crippen molar-refractivity contribution in [2.75, 3.05) is 38.2 Å². The summed E-state index contributed by atoms with van der Waals surface area (Å²) in [4.78, 5) is 2.40. The molecule has 2 N–H and O–H groups in total. The molecule has 2 aromatic rings. The summed E-state index contributed by atoms with van der Waals surface area (Å²) in [6.45, 7) is 12.5. The Balaban J connectivity index is 1.49. The number of phenols is 1. The fraction of sp³-hybridized carbons (Fsp3) is 0.500. The van der Waals surface area contributed by atoms with Gasteiger partial charge in [-0.05, 0) is 54.5 Å². The highest BCUT2D eigenvalue weighted by Gasteiger charge is 2.43. The number of hydrogen-bond acceptors (Lipinski definition) is 5. The average molecular weight is 396 g/mol. The maximum atomic E-state index is 10.8. The Labute approximate surface area is 174 Å². The van der Waals surface area contributed by atoms with Crippen molar-refractivity contribution in [1.82, 2.24) is 10.4 Å². The summed E-state index contributed by atoms with van der Waals surface area (Å²) >= 11 is 0. The Morgan fingerprint density at radius 1 is 1.07 bits per heavy atom. The fourth-order valence-corrected chi connectivity index (χ4v) is 4.86. The molecule has 2 aromatic carbocycles. The van der Waals surface area contributed by atoms with Gasteiger partial charge >= 0.3 is 0 Å². The molecule has 1 saturated heterocycles. The third kappa shape index (κ3) is 3.69. The van der Waals surface area contributed by atoms with Crippen molar-refractivity contribution >= 4 is 5.69 Å². The smallest absolute Gasteiger partial charge is 0.123 e.